The van der Waals surface area contributed by atoms with E-state index in [1.165, 1.54) is 10.6 Å². The third-order valence-corrected chi connectivity index (χ3v) is 6.25. The summed E-state index contributed by atoms with van der Waals surface area (Å²) in [4.78, 5) is 0. The summed E-state index contributed by atoms with van der Waals surface area (Å²) in [5.41, 5.74) is 0. The van der Waals surface area contributed by atoms with E-state index in [4.69, 9.17) is 0 Å². The van der Waals surface area contributed by atoms with Gasteiger partial charge in [-0.3, -0.25) is 4.67 Å². The molecule has 0 aliphatic rings. The van der Waals surface area contributed by atoms with Gasteiger partial charge in [-0.1, -0.05) is 60.7 Å². The fraction of sp³-hybridized carbons (Fsp3) is 0.333. The molecule has 2 aromatic rings. The Kier molecular flexibility index (Phi) is 5.34. The zero-order chi connectivity index (χ0) is 14.5. The molecule has 0 atom stereocenters. The molecule has 0 aliphatic heterocycles. The van der Waals surface area contributed by atoms with Crippen LogP contribution in [-0.4, -0.2) is 16.8 Å². The Labute approximate surface area is 124 Å². The highest BCUT2D eigenvalue weighted by atomic mass is 31.1. The van der Waals surface area contributed by atoms with Crippen LogP contribution in [0.25, 0.3) is 0 Å². The zero-order valence-corrected chi connectivity index (χ0v) is 13.7. The van der Waals surface area contributed by atoms with Crippen LogP contribution in [0.3, 0.4) is 0 Å². The Morgan fingerprint density at radius 2 is 1.00 bits per heavy atom. The number of nitrogens with zero attached hydrogens (tertiary/aromatic N) is 1. The molecule has 1 nitrogen and oxygen atoms in total. The summed E-state index contributed by atoms with van der Waals surface area (Å²) in [7, 11) is -0.460. The third-order valence-electron chi connectivity index (χ3n) is 3.29. The van der Waals surface area contributed by atoms with Crippen molar-refractivity contribution in [2.24, 2.45) is 0 Å². The van der Waals surface area contributed by atoms with Crippen LogP contribution in [-0.2, 0) is 0 Å². The number of hydrogen-bond donors (Lipinski definition) is 0. The van der Waals surface area contributed by atoms with E-state index in [9.17, 15) is 0 Å². The maximum absolute atomic E-state index is 2.64. The molecule has 0 heterocycles. The second-order valence-electron chi connectivity index (χ2n) is 5.55. The second kappa shape index (κ2) is 7.02. The summed E-state index contributed by atoms with van der Waals surface area (Å²) in [6.07, 6.45) is 0. The van der Waals surface area contributed by atoms with Crippen LogP contribution in [0.5, 0.6) is 0 Å². The van der Waals surface area contributed by atoms with Crippen molar-refractivity contribution < 1.29 is 0 Å². The van der Waals surface area contributed by atoms with E-state index in [1.807, 2.05) is 0 Å². The van der Waals surface area contributed by atoms with Gasteiger partial charge in [-0.25, -0.2) is 0 Å². The second-order valence-corrected chi connectivity index (χ2v) is 7.67. The van der Waals surface area contributed by atoms with Crippen LogP contribution in [0.4, 0.5) is 0 Å². The standard InChI is InChI=1S/C18H24NP/c1-15(2)19(16(3)4)20(17-11-7-5-8-12-17)18-13-9-6-10-14-18/h5-16H,1-4H3. The SMILES string of the molecule is CC(C)N(C(C)C)P(c1ccccc1)c1ccccc1. The highest BCUT2D eigenvalue weighted by Crippen LogP contribution is 2.41. The minimum absolute atomic E-state index is 0.460. The lowest BCUT2D eigenvalue weighted by Gasteiger charge is -2.38. The normalized spacial score (nSPS) is 11.8. The van der Waals surface area contributed by atoms with Gasteiger partial charge in [-0.05, 0) is 38.3 Å². The fourth-order valence-electron chi connectivity index (χ4n) is 2.61. The van der Waals surface area contributed by atoms with Crippen molar-refractivity contribution in [2.75, 3.05) is 0 Å². The molecule has 106 valence electrons. The van der Waals surface area contributed by atoms with Gasteiger partial charge in [0.2, 0.25) is 0 Å². The van der Waals surface area contributed by atoms with Crippen molar-refractivity contribution in [2.45, 2.75) is 39.8 Å². The van der Waals surface area contributed by atoms with Gasteiger partial charge in [0, 0.05) is 20.2 Å². The molecule has 0 radical (unpaired) electrons. The van der Waals surface area contributed by atoms with Gasteiger partial charge in [0.25, 0.3) is 0 Å². The van der Waals surface area contributed by atoms with E-state index in [0.29, 0.717) is 12.1 Å². The van der Waals surface area contributed by atoms with Gasteiger partial charge in [-0.2, -0.15) is 0 Å². The molecule has 2 heteroatoms. The largest absolute Gasteiger partial charge is 0.270 e. The van der Waals surface area contributed by atoms with Crippen molar-refractivity contribution in [3.63, 3.8) is 0 Å². The molecular formula is C18H24NP. The molecule has 0 amide bonds. The van der Waals surface area contributed by atoms with E-state index >= 15 is 0 Å². The molecule has 0 saturated heterocycles. The van der Waals surface area contributed by atoms with E-state index in [1.54, 1.807) is 0 Å². The van der Waals surface area contributed by atoms with Gasteiger partial charge < -0.3 is 0 Å². The van der Waals surface area contributed by atoms with Crippen molar-refractivity contribution in [1.82, 2.24) is 4.67 Å². The summed E-state index contributed by atoms with van der Waals surface area (Å²) in [6, 6.07) is 22.9. The zero-order valence-electron chi connectivity index (χ0n) is 12.8. The molecule has 0 aromatic heterocycles. The quantitative estimate of drug-likeness (QED) is 0.746. The van der Waals surface area contributed by atoms with Crippen LogP contribution in [0.2, 0.25) is 0 Å². The lowest BCUT2D eigenvalue weighted by Crippen LogP contribution is -2.38. The van der Waals surface area contributed by atoms with Gasteiger partial charge in [0.15, 0.2) is 0 Å². The Balaban J connectivity index is 2.49. The smallest absolute Gasteiger partial charge is 0.0286 e. The van der Waals surface area contributed by atoms with Crippen LogP contribution in [0, 0.1) is 0 Å². The summed E-state index contributed by atoms with van der Waals surface area (Å²) in [5.74, 6) is 0. The number of hydrogen-bond acceptors (Lipinski definition) is 1. The highest BCUT2D eigenvalue weighted by Gasteiger charge is 2.26. The van der Waals surface area contributed by atoms with Crippen LogP contribution in [0.1, 0.15) is 27.7 Å². The van der Waals surface area contributed by atoms with Crippen LogP contribution >= 0.6 is 8.07 Å². The predicted octanol–water partition coefficient (Wildman–Crippen LogP) is 4.15. The lowest BCUT2D eigenvalue weighted by molar-refractivity contribution is 0.327. The Bertz CT molecular complexity index is 460. The number of rotatable bonds is 5. The first-order chi connectivity index (χ1) is 9.61. The average molecular weight is 285 g/mol. The summed E-state index contributed by atoms with van der Waals surface area (Å²) < 4.78 is 2.64. The van der Waals surface area contributed by atoms with Crippen molar-refractivity contribution in [3.8, 4) is 0 Å². The van der Waals surface area contributed by atoms with E-state index < -0.39 is 8.07 Å². The van der Waals surface area contributed by atoms with Crippen LogP contribution < -0.4 is 10.6 Å². The maximum Gasteiger partial charge on any atom is 0.0286 e. The van der Waals surface area contributed by atoms with E-state index in [2.05, 4.69) is 93.0 Å². The van der Waals surface area contributed by atoms with Crippen molar-refractivity contribution in [3.05, 3.63) is 60.7 Å². The van der Waals surface area contributed by atoms with E-state index in [-0.39, 0.29) is 0 Å². The number of benzene rings is 2. The Hall–Kier alpha value is -1.17. The monoisotopic (exact) mass is 285 g/mol. The molecule has 0 bridgehead atoms. The van der Waals surface area contributed by atoms with Crippen molar-refractivity contribution >= 4 is 18.7 Å². The fourth-order valence-corrected chi connectivity index (χ4v) is 5.28. The first-order valence-electron chi connectivity index (χ1n) is 7.29. The predicted molar refractivity (Wildman–Crippen MR) is 91.2 cm³/mol. The molecule has 0 spiro atoms. The van der Waals surface area contributed by atoms with E-state index in [0.717, 1.165) is 0 Å². The van der Waals surface area contributed by atoms with Gasteiger partial charge in [0.1, 0.15) is 0 Å². The van der Waals surface area contributed by atoms with Crippen molar-refractivity contribution in [1.29, 1.82) is 0 Å². The molecule has 0 fully saturated rings. The van der Waals surface area contributed by atoms with Gasteiger partial charge in [-0.15, -0.1) is 0 Å². The first-order valence-corrected chi connectivity index (χ1v) is 8.59. The first kappa shape index (κ1) is 15.2. The summed E-state index contributed by atoms with van der Waals surface area (Å²) in [6.45, 7) is 9.17. The Morgan fingerprint density at radius 1 is 0.650 bits per heavy atom. The topological polar surface area (TPSA) is 3.24 Å². The molecule has 20 heavy (non-hydrogen) atoms. The van der Waals surface area contributed by atoms with Crippen LogP contribution in [0.15, 0.2) is 60.7 Å². The lowest BCUT2D eigenvalue weighted by atomic mass is 10.3. The molecular weight excluding hydrogens is 261 g/mol. The molecule has 0 unspecified atom stereocenters. The van der Waals surface area contributed by atoms with Gasteiger partial charge in [0.05, 0.1) is 0 Å². The molecule has 2 aromatic carbocycles. The minimum Gasteiger partial charge on any atom is -0.270 e. The molecule has 2 rings (SSSR count). The maximum atomic E-state index is 2.64. The average Bonchev–Trinajstić information content (AvgIpc) is 2.45. The highest BCUT2D eigenvalue weighted by molar-refractivity contribution is 7.70. The minimum atomic E-state index is -0.460. The summed E-state index contributed by atoms with van der Waals surface area (Å²) in [5, 5.41) is 2.85. The third kappa shape index (κ3) is 3.48. The Morgan fingerprint density at radius 3 is 1.30 bits per heavy atom. The molecule has 0 aliphatic carbocycles. The van der Waals surface area contributed by atoms with Gasteiger partial charge >= 0.3 is 0 Å². The molecule has 0 saturated carbocycles. The summed E-state index contributed by atoms with van der Waals surface area (Å²) >= 11 is 0. The molecule has 0 N–H and O–H groups in total.